The summed E-state index contributed by atoms with van der Waals surface area (Å²) < 4.78 is 41.9. The first kappa shape index (κ1) is 17.0. The van der Waals surface area contributed by atoms with Crippen LogP contribution >= 0.6 is 0 Å². The van der Waals surface area contributed by atoms with Crippen molar-refractivity contribution >= 4 is 0 Å². The average Bonchev–Trinajstić information content (AvgIpc) is 2.65. The number of aryl methyl sites for hydroxylation is 2. The number of halogens is 3. The molecule has 1 rings (SSSR count). The highest BCUT2D eigenvalue weighted by atomic mass is 19.4. The monoisotopic (exact) mass is 293 g/mol. The van der Waals surface area contributed by atoms with E-state index in [-0.39, 0.29) is 6.61 Å². The zero-order valence-electron chi connectivity index (χ0n) is 12.1. The topological polar surface area (TPSA) is 39.1 Å². The number of aromatic nitrogens is 2. The van der Waals surface area contributed by atoms with Gasteiger partial charge in [0.05, 0.1) is 5.69 Å². The van der Waals surface area contributed by atoms with Gasteiger partial charge in [-0.1, -0.05) is 13.8 Å². The zero-order chi connectivity index (χ0) is 15.2. The molecule has 1 aromatic heterocycles. The van der Waals surface area contributed by atoms with Crippen molar-refractivity contribution in [3.05, 3.63) is 17.5 Å². The maximum absolute atomic E-state index is 11.9. The number of nitrogens with zero attached hydrogens (tertiary/aromatic N) is 2. The van der Waals surface area contributed by atoms with Crippen molar-refractivity contribution in [3.63, 3.8) is 0 Å². The van der Waals surface area contributed by atoms with Gasteiger partial charge in [0.25, 0.3) is 0 Å². The number of nitrogens with one attached hydrogen (secondary N) is 1. The van der Waals surface area contributed by atoms with Crippen molar-refractivity contribution < 1.29 is 17.9 Å². The molecule has 1 aromatic rings. The lowest BCUT2D eigenvalue weighted by molar-refractivity contribution is -0.174. The van der Waals surface area contributed by atoms with E-state index in [1.54, 1.807) is 4.68 Å². The summed E-state index contributed by atoms with van der Waals surface area (Å²) >= 11 is 0. The second-order valence-electron chi connectivity index (χ2n) is 5.06. The van der Waals surface area contributed by atoms with Crippen LogP contribution in [0.3, 0.4) is 0 Å². The van der Waals surface area contributed by atoms with Crippen molar-refractivity contribution in [3.8, 4) is 0 Å². The molecule has 0 saturated heterocycles. The van der Waals surface area contributed by atoms with E-state index >= 15 is 0 Å². The molecule has 1 N–H and O–H groups in total. The van der Waals surface area contributed by atoms with Gasteiger partial charge in [0.2, 0.25) is 0 Å². The van der Waals surface area contributed by atoms with Crippen LogP contribution in [0.15, 0.2) is 6.20 Å². The molecule has 0 aliphatic heterocycles. The van der Waals surface area contributed by atoms with E-state index in [1.807, 2.05) is 13.1 Å². The van der Waals surface area contributed by atoms with E-state index in [4.69, 9.17) is 0 Å². The second-order valence-corrected chi connectivity index (χ2v) is 5.06. The highest BCUT2D eigenvalue weighted by molar-refractivity contribution is 5.15. The lowest BCUT2D eigenvalue weighted by Crippen LogP contribution is -2.21. The van der Waals surface area contributed by atoms with Gasteiger partial charge in [-0.2, -0.15) is 18.3 Å². The van der Waals surface area contributed by atoms with Crippen LogP contribution in [0.5, 0.6) is 0 Å². The third-order valence-electron chi connectivity index (χ3n) is 2.69. The predicted molar refractivity (Wildman–Crippen MR) is 70.4 cm³/mol. The molecule has 0 aliphatic carbocycles. The lowest BCUT2D eigenvalue weighted by atomic mass is 10.2. The predicted octanol–water partition coefficient (Wildman–Crippen LogP) is 2.66. The van der Waals surface area contributed by atoms with Crippen molar-refractivity contribution in [1.82, 2.24) is 15.1 Å². The van der Waals surface area contributed by atoms with Crippen molar-refractivity contribution in [2.45, 2.75) is 52.5 Å². The second kappa shape index (κ2) is 7.64. The van der Waals surface area contributed by atoms with Crippen LogP contribution in [0.25, 0.3) is 0 Å². The van der Waals surface area contributed by atoms with Gasteiger partial charge >= 0.3 is 6.18 Å². The smallest absolute Gasteiger partial charge is 0.372 e. The van der Waals surface area contributed by atoms with Gasteiger partial charge in [-0.25, -0.2) is 0 Å². The molecular weight excluding hydrogens is 271 g/mol. The standard InChI is InChI=1S/C13H22F3N3O/c1-10(2)17-7-12-8-19(18-11(12)3)5-4-6-20-9-13(14,15)16/h8,10,17H,4-7,9H2,1-3H3. The molecule has 0 atom stereocenters. The van der Waals surface area contributed by atoms with Gasteiger partial charge in [-0.05, 0) is 13.3 Å². The molecule has 4 nitrogen and oxygen atoms in total. The molecule has 0 spiro atoms. The third-order valence-corrected chi connectivity index (χ3v) is 2.69. The Bertz CT molecular complexity index is 402. The molecule has 116 valence electrons. The molecule has 0 bridgehead atoms. The number of hydrogen-bond acceptors (Lipinski definition) is 3. The van der Waals surface area contributed by atoms with Crippen molar-refractivity contribution in [2.24, 2.45) is 0 Å². The molecule has 0 unspecified atom stereocenters. The van der Waals surface area contributed by atoms with Gasteiger partial charge < -0.3 is 10.1 Å². The van der Waals surface area contributed by atoms with E-state index in [9.17, 15) is 13.2 Å². The fraction of sp³-hybridized carbons (Fsp3) is 0.769. The number of rotatable bonds is 8. The van der Waals surface area contributed by atoms with E-state index in [2.05, 4.69) is 29.0 Å². The van der Waals surface area contributed by atoms with E-state index in [0.717, 1.165) is 17.8 Å². The Hall–Kier alpha value is -1.08. The highest BCUT2D eigenvalue weighted by Gasteiger charge is 2.27. The molecule has 7 heteroatoms. The van der Waals surface area contributed by atoms with Crippen LogP contribution in [-0.4, -0.2) is 35.2 Å². The lowest BCUT2D eigenvalue weighted by Gasteiger charge is -2.07. The first-order valence-electron chi connectivity index (χ1n) is 6.69. The minimum absolute atomic E-state index is 0.0813. The summed E-state index contributed by atoms with van der Waals surface area (Å²) in [6.45, 7) is 6.25. The minimum Gasteiger partial charge on any atom is -0.372 e. The summed E-state index contributed by atoms with van der Waals surface area (Å²) in [5, 5.41) is 7.64. The zero-order valence-corrected chi connectivity index (χ0v) is 12.1. The molecule has 0 aromatic carbocycles. The van der Waals surface area contributed by atoms with Crippen molar-refractivity contribution in [2.75, 3.05) is 13.2 Å². The molecule has 0 saturated carbocycles. The first-order valence-corrected chi connectivity index (χ1v) is 6.69. The van der Waals surface area contributed by atoms with Gasteiger partial charge in [0.1, 0.15) is 6.61 Å². The third kappa shape index (κ3) is 6.91. The maximum atomic E-state index is 11.9. The van der Waals surface area contributed by atoms with Gasteiger partial charge in [-0.3, -0.25) is 4.68 Å². The van der Waals surface area contributed by atoms with Crippen LogP contribution in [-0.2, 0) is 17.8 Å². The summed E-state index contributed by atoms with van der Waals surface area (Å²) in [6.07, 6.45) is -1.82. The molecule has 0 amide bonds. The fourth-order valence-electron chi connectivity index (χ4n) is 1.68. The minimum atomic E-state index is -4.25. The number of ether oxygens (including phenoxy) is 1. The summed E-state index contributed by atoms with van der Waals surface area (Å²) in [4.78, 5) is 0. The summed E-state index contributed by atoms with van der Waals surface area (Å²) in [6, 6.07) is 0.397. The summed E-state index contributed by atoms with van der Waals surface area (Å²) in [5.74, 6) is 0. The summed E-state index contributed by atoms with van der Waals surface area (Å²) in [7, 11) is 0. The largest absolute Gasteiger partial charge is 0.411 e. The molecule has 1 heterocycles. The first-order chi connectivity index (χ1) is 9.28. The van der Waals surface area contributed by atoms with E-state index in [0.29, 0.717) is 19.0 Å². The average molecular weight is 293 g/mol. The summed E-state index contributed by atoms with van der Waals surface area (Å²) in [5.41, 5.74) is 2.05. The quantitative estimate of drug-likeness (QED) is 0.749. The van der Waals surface area contributed by atoms with E-state index < -0.39 is 12.8 Å². The van der Waals surface area contributed by atoms with E-state index in [1.165, 1.54) is 0 Å². The molecule has 0 radical (unpaired) electrons. The molecule has 20 heavy (non-hydrogen) atoms. The number of hydrogen-bond donors (Lipinski definition) is 1. The Morgan fingerprint density at radius 2 is 2.10 bits per heavy atom. The Balaban J connectivity index is 2.29. The SMILES string of the molecule is Cc1nn(CCCOCC(F)(F)F)cc1CNC(C)C. The molecule has 0 aliphatic rings. The van der Waals surface area contributed by atoms with Crippen molar-refractivity contribution in [1.29, 1.82) is 0 Å². The Labute approximate surface area is 117 Å². The van der Waals surface area contributed by atoms with Crippen LogP contribution in [0.1, 0.15) is 31.5 Å². The normalized spacial score (nSPS) is 12.3. The van der Waals surface area contributed by atoms with Crippen LogP contribution in [0.4, 0.5) is 13.2 Å². The highest BCUT2D eigenvalue weighted by Crippen LogP contribution is 2.14. The van der Waals surface area contributed by atoms with Gasteiger partial charge in [-0.15, -0.1) is 0 Å². The Morgan fingerprint density at radius 3 is 2.70 bits per heavy atom. The molecule has 0 fully saturated rings. The van der Waals surface area contributed by atoms with Gasteiger partial charge in [0, 0.05) is 37.5 Å². The van der Waals surface area contributed by atoms with Crippen LogP contribution in [0, 0.1) is 6.92 Å². The molecular formula is C13H22F3N3O. The number of alkyl halides is 3. The maximum Gasteiger partial charge on any atom is 0.411 e. The Kier molecular flexibility index (Phi) is 6.48. The Morgan fingerprint density at radius 1 is 1.40 bits per heavy atom. The van der Waals surface area contributed by atoms with Gasteiger partial charge in [0.15, 0.2) is 0 Å². The van der Waals surface area contributed by atoms with Crippen LogP contribution < -0.4 is 5.32 Å². The van der Waals surface area contributed by atoms with Crippen LogP contribution in [0.2, 0.25) is 0 Å². The fourth-order valence-corrected chi connectivity index (χ4v) is 1.68.